The van der Waals surface area contributed by atoms with Crippen LogP contribution in [0, 0.1) is 5.82 Å². The minimum Gasteiger partial charge on any atom is -0.497 e. The van der Waals surface area contributed by atoms with Crippen molar-refractivity contribution in [2.75, 3.05) is 12.4 Å². The molecule has 9 heteroatoms. The third kappa shape index (κ3) is 3.76. The number of thioether (sulfide) groups is 1. The van der Waals surface area contributed by atoms with Crippen LogP contribution >= 0.6 is 11.8 Å². The van der Waals surface area contributed by atoms with E-state index in [9.17, 15) is 9.18 Å². The number of hydrogen-bond acceptors (Lipinski definition) is 6. The van der Waals surface area contributed by atoms with Crippen LogP contribution in [-0.4, -0.2) is 27.8 Å². The first kappa shape index (κ1) is 20.0. The lowest BCUT2D eigenvalue weighted by Gasteiger charge is -2.27. The molecule has 0 aliphatic carbocycles. The van der Waals surface area contributed by atoms with E-state index in [0.29, 0.717) is 39.4 Å². The molecule has 4 rings (SSSR count). The number of allylic oxidation sites excluding steroid dienone is 1. The van der Waals surface area contributed by atoms with Gasteiger partial charge < -0.3 is 15.8 Å². The van der Waals surface area contributed by atoms with Crippen molar-refractivity contribution in [3.63, 3.8) is 0 Å². The largest absolute Gasteiger partial charge is 0.497 e. The number of hydrogen-bond donors (Lipinski definition) is 2. The summed E-state index contributed by atoms with van der Waals surface area (Å²) in [5.74, 6) is 0.712. The Morgan fingerprint density at radius 1 is 1.30 bits per heavy atom. The van der Waals surface area contributed by atoms with Gasteiger partial charge in [0.2, 0.25) is 17.0 Å². The minimum absolute atomic E-state index is 0.269. The molecule has 2 aromatic carbocycles. The van der Waals surface area contributed by atoms with E-state index < -0.39 is 11.9 Å². The lowest BCUT2D eigenvalue weighted by atomic mass is 9.95. The summed E-state index contributed by atoms with van der Waals surface area (Å²) in [5, 5.41) is 8.14. The average molecular weight is 425 g/mol. The van der Waals surface area contributed by atoms with Crippen LogP contribution in [0.25, 0.3) is 0 Å². The zero-order chi connectivity index (χ0) is 21.3. The molecule has 3 N–H and O–H groups in total. The number of rotatable bonds is 6. The summed E-state index contributed by atoms with van der Waals surface area (Å²) in [6.07, 6.45) is 0. The number of halogens is 1. The van der Waals surface area contributed by atoms with E-state index in [1.165, 1.54) is 17.8 Å². The molecule has 0 bridgehead atoms. The van der Waals surface area contributed by atoms with E-state index in [1.54, 1.807) is 36.9 Å². The highest BCUT2D eigenvalue weighted by Gasteiger charge is 2.33. The summed E-state index contributed by atoms with van der Waals surface area (Å²) in [6.45, 7) is 1.78. The van der Waals surface area contributed by atoms with Crippen molar-refractivity contribution >= 4 is 23.6 Å². The quantitative estimate of drug-likeness (QED) is 0.587. The highest BCUT2D eigenvalue weighted by molar-refractivity contribution is 7.98. The molecule has 3 aromatic rings. The van der Waals surface area contributed by atoms with Gasteiger partial charge in [-0.2, -0.15) is 4.98 Å². The third-order valence-corrected chi connectivity index (χ3v) is 5.71. The number of amides is 1. The van der Waals surface area contributed by atoms with Gasteiger partial charge in [-0.3, -0.25) is 4.79 Å². The molecule has 30 heavy (non-hydrogen) atoms. The zero-order valence-electron chi connectivity index (χ0n) is 16.4. The standard InChI is InChI=1S/C21H20FN5O2S/c1-12-17(19(23)28)18(13-7-5-8-15(10-13)29-2)27-20(24-12)25-21(26-27)30-11-14-6-3-4-9-16(14)22/h3-10,18H,11H2,1-2H3,(H2,23,28)(H,24,25,26)/t18-/m0/s1. The Hall–Kier alpha value is -3.33. The molecule has 0 radical (unpaired) electrons. The number of carbonyl (C=O) groups is 1. The van der Waals surface area contributed by atoms with Crippen molar-refractivity contribution in [1.29, 1.82) is 0 Å². The highest BCUT2D eigenvalue weighted by Crippen LogP contribution is 2.37. The summed E-state index contributed by atoms with van der Waals surface area (Å²) in [7, 11) is 1.58. The number of nitrogens with two attached hydrogens (primary N) is 1. The number of nitrogens with zero attached hydrogens (tertiary/aromatic N) is 3. The van der Waals surface area contributed by atoms with Crippen LogP contribution in [0.4, 0.5) is 10.3 Å². The van der Waals surface area contributed by atoms with Gasteiger partial charge in [0.05, 0.1) is 12.7 Å². The van der Waals surface area contributed by atoms with Crippen molar-refractivity contribution < 1.29 is 13.9 Å². The molecule has 154 valence electrons. The third-order valence-electron chi connectivity index (χ3n) is 4.82. The number of methoxy groups -OCH3 is 1. The maximum atomic E-state index is 13.9. The molecule has 0 fully saturated rings. The van der Waals surface area contributed by atoms with E-state index in [1.807, 2.05) is 24.3 Å². The number of anilines is 1. The molecule has 7 nitrogen and oxygen atoms in total. The monoisotopic (exact) mass is 425 g/mol. The van der Waals surface area contributed by atoms with Gasteiger partial charge in [0, 0.05) is 11.4 Å². The number of ether oxygens (including phenoxy) is 1. The maximum absolute atomic E-state index is 13.9. The van der Waals surface area contributed by atoms with Gasteiger partial charge in [-0.05, 0) is 36.2 Å². The SMILES string of the molecule is COc1cccc([C@H]2C(C(N)=O)=C(C)Nc3nc(SCc4ccccc4F)nn32)c1. The Balaban J connectivity index is 1.71. The van der Waals surface area contributed by atoms with Crippen LogP contribution in [0.1, 0.15) is 24.1 Å². The molecule has 1 aliphatic rings. The van der Waals surface area contributed by atoms with E-state index >= 15 is 0 Å². The van der Waals surface area contributed by atoms with Gasteiger partial charge in [0.1, 0.15) is 17.6 Å². The summed E-state index contributed by atoms with van der Waals surface area (Å²) in [4.78, 5) is 16.8. The predicted molar refractivity (Wildman–Crippen MR) is 113 cm³/mol. The molecule has 1 aliphatic heterocycles. The second kappa shape index (κ2) is 8.19. The summed E-state index contributed by atoms with van der Waals surface area (Å²) in [6, 6.07) is 13.4. The van der Waals surface area contributed by atoms with E-state index in [0.717, 1.165) is 5.56 Å². The Morgan fingerprint density at radius 2 is 2.10 bits per heavy atom. The molecular formula is C21H20FN5O2S. The van der Waals surface area contributed by atoms with Crippen molar-refractivity contribution in [3.8, 4) is 5.75 Å². The molecule has 1 amide bonds. The van der Waals surface area contributed by atoms with E-state index in [2.05, 4.69) is 15.4 Å². The predicted octanol–water partition coefficient (Wildman–Crippen LogP) is 3.49. The fraction of sp³-hybridized carbons (Fsp3) is 0.190. The average Bonchev–Trinajstić information content (AvgIpc) is 3.14. The Kier molecular flexibility index (Phi) is 5.45. The highest BCUT2D eigenvalue weighted by atomic mass is 32.2. The van der Waals surface area contributed by atoms with E-state index in [-0.39, 0.29) is 5.82 Å². The van der Waals surface area contributed by atoms with Gasteiger partial charge in [0.15, 0.2) is 0 Å². The fourth-order valence-corrected chi connectivity index (χ4v) is 4.20. The second-order valence-electron chi connectivity index (χ2n) is 6.75. The fourth-order valence-electron chi connectivity index (χ4n) is 3.39. The summed E-state index contributed by atoms with van der Waals surface area (Å²) in [5.41, 5.74) is 8.06. The number of nitrogens with one attached hydrogen (secondary N) is 1. The van der Waals surface area contributed by atoms with Crippen molar-refractivity contribution in [2.24, 2.45) is 5.73 Å². The molecule has 0 spiro atoms. The molecule has 2 heterocycles. The summed E-state index contributed by atoms with van der Waals surface area (Å²) >= 11 is 1.31. The first-order valence-electron chi connectivity index (χ1n) is 9.22. The van der Waals surface area contributed by atoms with Gasteiger partial charge in [0.25, 0.3) is 0 Å². The smallest absolute Gasteiger partial charge is 0.248 e. The molecule has 0 saturated carbocycles. The van der Waals surface area contributed by atoms with Crippen LogP contribution in [-0.2, 0) is 10.5 Å². The van der Waals surface area contributed by atoms with Crippen molar-refractivity contribution in [3.05, 3.63) is 76.7 Å². The lowest BCUT2D eigenvalue weighted by Crippen LogP contribution is -2.31. The second-order valence-corrected chi connectivity index (χ2v) is 7.69. The normalized spacial score (nSPS) is 15.5. The molecule has 1 atom stereocenters. The van der Waals surface area contributed by atoms with Gasteiger partial charge in [-0.1, -0.05) is 42.1 Å². The first-order chi connectivity index (χ1) is 14.5. The number of fused-ring (bicyclic) bond motifs is 1. The van der Waals surface area contributed by atoms with Gasteiger partial charge in [-0.25, -0.2) is 9.07 Å². The number of carbonyl (C=O) groups excluding carboxylic acids is 1. The van der Waals surface area contributed by atoms with Crippen LogP contribution < -0.4 is 15.8 Å². The lowest BCUT2D eigenvalue weighted by molar-refractivity contribution is -0.115. The Bertz CT molecular complexity index is 1140. The molecular weight excluding hydrogens is 405 g/mol. The zero-order valence-corrected chi connectivity index (χ0v) is 17.2. The topological polar surface area (TPSA) is 95.1 Å². The Morgan fingerprint density at radius 3 is 2.83 bits per heavy atom. The maximum Gasteiger partial charge on any atom is 0.248 e. The van der Waals surface area contributed by atoms with Crippen LogP contribution in [0.5, 0.6) is 5.75 Å². The molecule has 0 saturated heterocycles. The first-order valence-corrected chi connectivity index (χ1v) is 10.2. The molecule has 0 unspecified atom stereocenters. The van der Waals surface area contributed by atoms with Crippen LogP contribution in [0.15, 0.2) is 65.0 Å². The minimum atomic E-state index is -0.552. The number of benzene rings is 2. The van der Waals surface area contributed by atoms with Gasteiger partial charge >= 0.3 is 0 Å². The van der Waals surface area contributed by atoms with Gasteiger partial charge in [-0.15, -0.1) is 5.10 Å². The number of aromatic nitrogens is 3. The number of primary amides is 1. The van der Waals surface area contributed by atoms with Crippen LogP contribution in [0.3, 0.4) is 0 Å². The Labute approximate surface area is 177 Å². The van der Waals surface area contributed by atoms with Crippen molar-refractivity contribution in [2.45, 2.75) is 23.9 Å². The van der Waals surface area contributed by atoms with Crippen molar-refractivity contribution in [1.82, 2.24) is 14.8 Å². The molecule has 1 aromatic heterocycles. The van der Waals surface area contributed by atoms with Crippen LogP contribution in [0.2, 0.25) is 0 Å². The summed E-state index contributed by atoms with van der Waals surface area (Å²) < 4.78 is 20.9. The van der Waals surface area contributed by atoms with E-state index in [4.69, 9.17) is 10.5 Å².